The molecule has 2 aromatic carbocycles. The lowest BCUT2D eigenvalue weighted by atomic mass is 9.96. The molecule has 1 N–H and O–H groups in total. The van der Waals surface area contributed by atoms with Crippen molar-refractivity contribution < 1.29 is 9.53 Å². The van der Waals surface area contributed by atoms with Gasteiger partial charge < -0.3 is 14.6 Å². The molecular formula is C32H39N5O2. The van der Waals surface area contributed by atoms with Crippen LogP contribution in [0.3, 0.4) is 0 Å². The van der Waals surface area contributed by atoms with Crippen molar-refractivity contribution in [1.29, 1.82) is 0 Å². The van der Waals surface area contributed by atoms with Crippen molar-refractivity contribution >= 4 is 17.1 Å². The van der Waals surface area contributed by atoms with Gasteiger partial charge in [-0.05, 0) is 59.4 Å². The number of amides is 1. The number of aromatic nitrogens is 3. The van der Waals surface area contributed by atoms with Crippen LogP contribution in [-0.4, -0.2) is 51.6 Å². The molecule has 0 spiro atoms. The standard InChI is InChI=1S/C32H39N5O2/c1-5-29-35-31-22(3)17-23(4)34-32(31)37(29)21-24-7-10-26(11-8-24)28-18-25(20-36-13-15-39-16-14-36)9-12-27(28)19-33-30(38)6-2/h7-12,17-18H,5-6,13-16,19-21H2,1-4H3,(H,33,38). The summed E-state index contributed by atoms with van der Waals surface area (Å²) in [5.41, 5.74) is 10.1. The van der Waals surface area contributed by atoms with E-state index in [0.29, 0.717) is 13.0 Å². The fourth-order valence-corrected chi connectivity index (χ4v) is 5.34. The van der Waals surface area contributed by atoms with Crippen molar-refractivity contribution in [3.63, 3.8) is 0 Å². The number of imidazole rings is 1. The molecule has 0 atom stereocenters. The van der Waals surface area contributed by atoms with E-state index < -0.39 is 0 Å². The van der Waals surface area contributed by atoms with Gasteiger partial charge in [0.15, 0.2) is 5.65 Å². The highest BCUT2D eigenvalue weighted by Gasteiger charge is 2.16. The molecule has 1 aliphatic heterocycles. The lowest BCUT2D eigenvalue weighted by Crippen LogP contribution is -2.35. The van der Waals surface area contributed by atoms with Gasteiger partial charge >= 0.3 is 0 Å². The van der Waals surface area contributed by atoms with Gasteiger partial charge in [-0.1, -0.05) is 50.2 Å². The van der Waals surface area contributed by atoms with E-state index in [2.05, 4.69) is 77.2 Å². The molecule has 7 nitrogen and oxygen atoms in total. The maximum absolute atomic E-state index is 12.0. The SMILES string of the molecule is CCC(=O)NCc1ccc(CN2CCOCC2)cc1-c1ccc(Cn2c(CC)nc3c(C)cc(C)nc32)cc1. The number of rotatable bonds is 9. The third-order valence-electron chi connectivity index (χ3n) is 7.50. The normalized spacial score (nSPS) is 14.2. The Kier molecular flexibility index (Phi) is 8.38. The van der Waals surface area contributed by atoms with Gasteiger partial charge in [-0.15, -0.1) is 0 Å². The first-order valence-corrected chi connectivity index (χ1v) is 14.1. The second kappa shape index (κ2) is 12.1. The van der Waals surface area contributed by atoms with E-state index in [4.69, 9.17) is 14.7 Å². The van der Waals surface area contributed by atoms with Crippen LogP contribution in [0.5, 0.6) is 0 Å². The molecule has 0 bridgehead atoms. The number of nitrogens with one attached hydrogen (secondary N) is 1. The molecule has 1 fully saturated rings. The highest BCUT2D eigenvalue weighted by atomic mass is 16.5. The monoisotopic (exact) mass is 525 g/mol. The van der Waals surface area contributed by atoms with Crippen molar-refractivity contribution in [1.82, 2.24) is 24.8 Å². The number of benzene rings is 2. The quantitative estimate of drug-likeness (QED) is 0.326. The molecule has 7 heteroatoms. The molecule has 0 aliphatic carbocycles. The van der Waals surface area contributed by atoms with Crippen molar-refractivity contribution in [2.45, 2.75) is 60.2 Å². The Morgan fingerprint density at radius 3 is 2.41 bits per heavy atom. The molecule has 1 aliphatic rings. The number of hydrogen-bond donors (Lipinski definition) is 1. The summed E-state index contributed by atoms with van der Waals surface area (Å²) in [6.07, 6.45) is 1.34. The second-order valence-electron chi connectivity index (χ2n) is 10.4. The summed E-state index contributed by atoms with van der Waals surface area (Å²) in [5.74, 6) is 1.12. The van der Waals surface area contributed by atoms with Crippen LogP contribution in [0.2, 0.25) is 0 Å². The summed E-state index contributed by atoms with van der Waals surface area (Å²) in [5, 5.41) is 3.06. The average Bonchev–Trinajstić information content (AvgIpc) is 3.30. The average molecular weight is 526 g/mol. The molecule has 1 amide bonds. The van der Waals surface area contributed by atoms with Crippen LogP contribution in [0, 0.1) is 13.8 Å². The molecule has 5 rings (SSSR count). The molecule has 39 heavy (non-hydrogen) atoms. The topological polar surface area (TPSA) is 72.3 Å². The van der Waals surface area contributed by atoms with E-state index in [1.54, 1.807) is 0 Å². The van der Waals surface area contributed by atoms with Gasteiger partial charge in [0.1, 0.15) is 11.3 Å². The highest BCUT2D eigenvalue weighted by Crippen LogP contribution is 2.28. The van der Waals surface area contributed by atoms with Gasteiger partial charge in [-0.2, -0.15) is 0 Å². The molecule has 0 saturated carbocycles. The molecule has 3 heterocycles. The fourth-order valence-electron chi connectivity index (χ4n) is 5.34. The first-order chi connectivity index (χ1) is 18.9. The van der Waals surface area contributed by atoms with E-state index in [0.717, 1.165) is 79.6 Å². The zero-order chi connectivity index (χ0) is 27.4. The van der Waals surface area contributed by atoms with Crippen LogP contribution >= 0.6 is 0 Å². The third kappa shape index (κ3) is 6.21. The number of carbonyl (C=O) groups is 1. The van der Waals surface area contributed by atoms with Crippen molar-refractivity contribution in [2.24, 2.45) is 0 Å². The van der Waals surface area contributed by atoms with Gasteiger partial charge in [-0.25, -0.2) is 9.97 Å². The first kappa shape index (κ1) is 27.0. The van der Waals surface area contributed by atoms with Crippen molar-refractivity contribution in [3.05, 3.63) is 82.3 Å². The van der Waals surface area contributed by atoms with Crippen LogP contribution in [0.25, 0.3) is 22.3 Å². The zero-order valence-electron chi connectivity index (χ0n) is 23.6. The predicted octanol–water partition coefficient (Wildman–Crippen LogP) is 5.18. The summed E-state index contributed by atoms with van der Waals surface area (Å²) >= 11 is 0. The van der Waals surface area contributed by atoms with E-state index in [1.165, 1.54) is 22.3 Å². The minimum absolute atomic E-state index is 0.0621. The molecular weight excluding hydrogens is 486 g/mol. The number of carbonyl (C=O) groups excluding carboxylic acids is 1. The lowest BCUT2D eigenvalue weighted by molar-refractivity contribution is -0.120. The van der Waals surface area contributed by atoms with Crippen LogP contribution in [-0.2, 0) is 35.6 Å². The first-order valence-electron chi connectivity index (χ1n) is 14.1. The summed E-state index contributed by atoms with van der Waals surface area (Å²) in [6, 6.07) is 17.5. The van der Waals surface area contributed by atoms with Crippen LogP contribution in [0.15, 0.2) is 48.5 Å². The molecule has 204 valence electrons. The number of morpholine rings is 1. The lowest BCUT2D eigenvalue weighted by Gasteiger charge is -2.27. The van der Waals surface area contributed by atoms with Crippen molar-refractivity contribution in [3.8, 4) is 11.1 Å². The van der Waals surface area contributed by atoms with Gasteiger partial charge in [0.05, 0.1) is 19.8 Å². The van der Waals surface area contributed by atoms with E-state index in [1.807, 2.05) is 13.8 Å². The number of ether oxygens (including phenoxy) is 1. The van der Waals surface area contributed by atoms with Gasteiger partial charge in [0.2, 0.25) is 5.91 Å². The smallest absolute Gasteiger partial charge is 0.219 e. The Morgan fingerprint density at radius 1 is 0.949 bits per heavy atom. The Balaban J connectivity index is 1.43. The number of fused-ring (bicyclic) bond motifs is 1. The Labute approximate surface area is 231 Å². The minimum atomic E-state index is 0.0621. The maximum atomic E-state index is 12.0. The van der Waals surface area contributed by atoms with E-state index in [9.17, 15) is 4.79 Å². The molecule has 1 saturated heterocycles. The number of pyridine rings is 1. The van der Waals surface area contributed by atoms with Gasteiger partial charge in [0, 0.05) is 44.7 Å². The van der Waals surface area contributed by atoms with Crippen LogP contribution < -0.4 is 5.32 Å². The predicted molar refractivity (Wildman–Crippen MR) is 156 cm³/mol. The number of hydrogen-bond acceptors (Lipinski definition) is 5. The molecule has 2 aromatic heterocycles. The molecule has 4 aromatic rings. The number of nitrogens with zero attached hydrogens (tertiary/aromatic N) is 4. The van der Waals surface area contributed by atoms with Crippen molar-refractivity contribution in [2.75, 3.05) is 26.3 Å². The summed E-state index contributed by atoms with van der Waals surface area (Å²) < 4.78 is 7.77. The largest absolute Gasteiger partial charge is 0.379 e. The van der Waals surface area contributed by atoms with Crippen LogP contribution in [0.4, 0.5) is 0 Å². The summed E-state index contributed by atoms with van der Waals surface area (Å²) in [7, 11) is 0. The maximum Gasteiger partial charge on any atom is 0.219 e. The second-order valence-corrected chi connectivity index (χ2v) is 10.4. The van der Waals surface area contributed by atoms with Crippen LogP contribution in [0.1, 0.15) is 54.0 Å². The minimum Gasteiger partial charge on any atom is -0.379 e. The Morgan fingerprint density at radius 2 is 1.69 bits per heavy atom. The molecule has 0 radical (unpaired) electrons. The third-order valence-corrected chi connectivity index (χ3v) is 7.50. The summed E-state index contributed by atoms with van der Waals surface area (Å²) in [4.78, 5) is 24.2. The zero-order valence-corrected chi connectivity index (χ0v) is 23.6. The number of aryl methyl sites for hydroxylation is 3. The fraction of sp³-hybridized carbons (Fsp3) is 0.406. The van der Waals surface area contributed by atoms with E-state index >= 15 is 0 Å². The summed E-state index contributed by atoms with van der Waals surface area (Å²) in [6.45, 7) is 13.8. The van der Waals surface area contributed by atoms with E-state index in [-0.39, 0.29) is 5.91 Å². The van der Waals surface area contributed by atoms with Gasteiger partial charge in [0.25, 0.3) is 0 Å². The Bertz CT molecular complexity index is 1450. The molecule has 0 unspecified atom stereocenters. The van der Waals surface area contributed by atoms with Gasteiger partial charge in [-0.3, -0.25) is 9.69 Å². The highest BCUT2D eigenvalue weighted by molar-refractivity contribution is 5.77. The Hall–Kier alpha value is -3.55.